The Morgan fingerprint density at radius 3 is 2.69 bits per heavy atom. The Hall–Kier alpha value is -3.13. The number of esters is 1. The molecule has 2 heterocycles. The van der Waals surface area contributed by atoms with E-state index in [0.29, 0.717) is 12.2 Å². The van der Waals surface area contributed by atoms with Gasteiger partial charge in [0.2, 0.25) is 11.7 Å². The Balaban J connectivity index is 1.57. The van der Waals surface area contributed by atoms with Crippen molar-refractivity contribution >= 4 is 34.7 Å². The van der Waals surface area contributed by atoms with E-state index in [1.807, 2.05) is 23.6 Å². The van der Waals surface area contributed by atoms with E-state index in [9.17, 15) is 14.4 Å². The van der Waals surface area contributed by atoms with Gasteiger partial charge in [0.25, 0.3) is 5.91 Å². The summed E-state index contributed by atoms with van der Waals surface area (Å²) in [6, 6.07) is 12.7. The summed E-state index contributed by atoms with van der Waals surface area (Å²) in [4.78, 5) is 36.9. The molecule has 0 radical (unpaired) electrons. The maximum atomic E-state index is 12.2. The minimum atomic E-state index is -0.891. The predicted octanol–water partition coefficient (Wildman–Crippen LogP) is 1.83. The lowest BCUT2D eigenvalue weighted by Crippen LogP contribution is -2.29. The normalized spacial score (nSPS) is 13.3. The van der Waals surface area contributed by atoms with Crippen molar-refractivity contribution in [1.29, 1.82) is 0 Å². The SMILES string of the molecule is O=C(COC(=O)C1=C(Nc2ccccc2)OCC1=O)NCc1cccs1. The summed E-state index contributed by atoms with van der Waals surface area (Å²) in [7, 11) is 0. The molecule has 0 spiro atoms. The molecule has 26 heavy (non-hydrogen) atoms. The minimum absolute atomic E-state index is 0.0326. The molecule has 7 nitrogen and oxygen atoms in total. The molecule has 0 bridgehead atoms. The van der Waals surface area contributed by atoms with Gasteiger partial charge in [-0.05, 0) is 23.6 Å². The molecule has 2 aromatic rings. The van der Waals surface area contributed by atoms with E-state index < -0.39 is 24.3 Å². The molecule has 0 atom stereocenters. The van der Waals surface area contributed by atoms with E-state index in [2.05, 4.69) is 10.6 Å². The molecule has 1 aromatic carbocycles. The third-order valence-corrected chi connectivity index (χ3v) is 4.34. The van der Waals surface area contributed by atoms with Crippen molar-refractivity contribution in [2.75, 3.05) is 18.5 Å². The zero-order valence-electron chi connectivity index (χ0n) is 13.7. The first kappa shape index (κ1) is 17.7. The second kappa shape index (κ2) is 8.30. The number of ketones is 1. The van der Waals surface area contributed by atoms with Gasteiger partial charge in [0.05, 0.1) is 6.54 Å². The number of hydrogen-bond acceptors (Lipinski definition) is 7. The summed E-state index contributed by atoms with van der Waals surface area (Å²) in [6.07, 6.45) is 0. The molecule has 0 unspecified atom stereocenters. The van der Waals surface area contributed by atoms with Crippen molar-refractivity contribution in [3.8, 4) is 0 Å². The Morgan fingerprint density at radius 2 is 1.96 bits per heavy atom. The second-order valence-corrected chi connectivity index (χ2v) is 6.37. The summed E-state index contributed by atoms with van der Waals surface area (Å²) < 4.78 is 10.2. The maximum Gasteiger partial charge on any atom is 0.347 e. The molecular weight excluding hydrogens is 356 g/mol. The molecule has 8 heteroatoms. The number of amides is 1. The van der Waals surface area contributed by atoms with Crippen LogP contribution in [-0.2, 0) is 30.4 Å². The monoisotopic (exact) mass is 372 g/mol. The van der Waals surface area contributed by atoms with Gasteiger partial charge in [-0.25, -0.2) is 4.79 Å². The number of anilines is 1. The van der Waals surface area contributed by atoms with Crippen LogP contribution in [0.5, 0.6) is 0 Å². The highest BCUT2D eigenvalue weighted by atomic mass is 32.1. The van der Waals surface area contributed by atoms with Crippen LogP contribution in [0.3, 0.4) is 0 Å². The fourth-order valence-corrected chi connectivity index (χ4v) is 2.86. The molecule has 3 rings (SSSR count). The third kappa shape index (κ3) is 4.48. The van der Waals surface area contributed by atoms with Crippen LogP contribution >= 0.6 is 11.3 Å². The first-order chi connectivity index (χ1) is 12.6. The van der Waals surface area contributed by atoms with Gasteiger partial charge in [-0.1, -0.05) is 24.3 Å². The quantitative estimate of drug-likeness (QED) is 0.569. The van der Waals surface area contributed by atoms with E-state index in [4.69, 9.17) is 9.47 Å². The summed E-state index contributed by atoms with van der Waals surface area (Å²) in [5.41, 5.74) is 0.441. The number of para-hydroxylation sites is 1. The van der Waals surface area contributed by atoms with Crippen LogP contribution in [0.2, 0.25) is 0 Å². The van der Waals surface area contributed by atoms with Crippen LogP contribution in [0, 0.1) is 0 Å². The molecule has 1 aromatic heterocycles. The fourth-order valence-electron chi connectivity index (χ4n) is 2.22. The van der Waals surface area contributed by atoms with Crippen molar-refractivity contribution in [2.45, 2.75) is 6.54 Å². The van der Waals surface area contributed by atoms with Gasteiger partial charge in [0.1, 0.15) is 0 Å². The van der Waals surface area contributed by atoms with E-state index in [1.54, 1.807) is 24.3 Å². The summed E-state index contributed by atoms with van der Waals surface area (Å²) in [5, 5.41) is 7.41. The van der Waals surface area contributed by atoms with Crippen molar-refractivity contribution < 1.29 is 23.9 Å². The molecule has 0 aliphatic carbocycles. The fraction of sp³-hybridized carbons (Fsp3) is 0.167. The number of carbonyl (C=O) groups is 3. The molecule has 2 N–H and O–H groups in total. The summed E-state index contributed by atoms with van der Waals surface area (Å²) in [5.74, 6) is -1.80. The van der Waals surface area contributed by atoms with E-state index >= 15 is 0 Å². The lowest BCUT2D eigenvalue weighted by atomic mass is 10.2. The zero-order valence-corrected chi connectivity index (χ0v) is 14.5. The van der Waals surface area contributed by atoms with Gasteiger partial charge in [0, 0.05) is 10.6 Å². The van der Waals surface area contributed by atoms with E-state index in [1.165, 1.54) is 11.3 Å². The number of rotatable bonds is 7. The standard InChI is InChI=1S/C18H16N2O5S/c21-14-10-24-17(20-12-5-2-1-3-6-12)16(14)18(23)25-11-15(22)19-9-13-7-4-8-26-13/h1-8,20H,9-11H2,(H,19,22). The number of Topliss-reactive ketones (excluding diaryl/α,β-unsaturated/α-hetero) is 1. The highest BCUT2D eigenvalue weighted by molar-refractivity contribution is 7.09. The van der Waals surface area contributed by atoms with E-state index in [-0.39, 0.29) is 18.1 Å². The Labute approximate surface area is 153 Å². The smallest absolute Gasteiger partial charge is 0.347 e. The molecule has 134 valence electrons. The van der Waals surface area contributed by atoms with Crippen LogP contribution in [0.15, 0.2) is 59.3 Å². The molecule has 0 fully saturated rings. The van der Waals surface area contributed by atoms with Gasteiger partial charge in [-0.2, -0.15) is 0 Å². The number of hydrogen-bond donors (Lipinski definition) is 2. The van der Waals surface area contributed by atoms with Crippen molar-refractivity contribution in [1.82, 2.24) is 5.32 Å². The number of carbonyl (C=O) groups excluding carboxylic acids is 3. The number of thiophene rings is 1. The van der Waals surface area contributed by atoms with E-state index in [0.717, 1.165) is 4.88 Å². The Kier molecular flexibility index (Phi) is 5.65. The first-order valence-electron chi connectivity index (χ1n) is 7.82. The van der Waals surface area contributed by atoms with Crippen LogP contribution in [0.1, 0.15) is 4.88 Å². The second-order valence-electron chi connectivity index (χ2n) is 5.34. The molecule has 1 aliphatic heterocycles. The van der Waals surface area contributed by atoms with Crippen molar-refractivity contribution in [2.24, 2.45) is 0 Å². The summed E-state index contributed by atoms with van der Waals surface area (Å²) in [6.45, 7) is -0.358. The molecule has 0 saturated carbocycles. The lowest BCUT2D eigenvalue weighted by molar-refractivity contribution is -0.145. The topological polar surface area (TPSA) is 93.7 Å². The van der Waals surface area contributed by atoms with Gasteiger partial charge < -0.3 is 20.1 Å². The van der Waals surface area contributed by atoms with Gasteiger partial charge in [-0.15, -0.1) is 11.3 Å². The maximum absolute atomic E-state index is 12.2. The molecule has 1 amide bonds. The van der Waals surface area contributed by atoms with Crippen molar-refractivity contribution in [3.05, 3.63) is 64.2 Å². The zero-order chi connectivity index (χ0) is 18.4. The van der Waals surface area contributed by atoms with Crippen LogP contribution in [0.25, 0.3) is 0 Å². The van der Waals surface area contributed by atoms with Gasteiger partial charge >= 0.3 is 5.97 Å². The third-order valence-electron chi connectivity index (χ3n) is 3.46. The number of nitrogens with one attached hydrogen (secondary N) is 2. The largest absolute Gasteiger partial charge is 0.470 e. The van der Waals surface area contributed by atoms with Crippen molar-refractivity contribution in [3.63, 3.8) is 0 Å². The average Bonchev–Trinajstić information content (AvgIpc) is 3.29. The Bertz CT molecular complexity index is 831. The van der Waals surface area contributed by atoms with Gasteiger partial charge in [-0.3, -0.25) is 9.59 Å². The lowest BCUT2D eigenvalue weighted by Gasteiger charge is -2.09. The molecule has 0 saturated heterocycles. The van der Waals surface area contributed by atoms with Crippen LogP contribution in [-0.4, -0.2) is 30.9 Å². The predicted molar refractivity (Wildman–Crippen MR) is 95.2 cm³/mol. The highest BCUT2D eigenvalue weighted by Gasteiger charge is 2.32. The number of ether oxygens (including phenoxy) is 2. The van der Waals surface area contributed by atoms with Crippen LogP contribution < -0.4 is 10.6 Å². The van der Waals surface area contributed by atoms with Crippen LogP contribution in [0.4, 0.5) is 5.69 Å². The molecule has 1 aliphatic rings. The van der Waals surface area contributed by atoms with Gasteiger partial charge in [0.15, 0.2) is 18.8 Å². The minimum Gasteiger partial charge on any atom is -0.470 e. The Morgan fingerprint density at radius 1 is 1.15 bits per heavy atom. The first-order valence-corrected chi connectivity index (χ1v) is 8.70. The molecular formula is C18H16N2O5S. The summed E-state index contributed by atoms with van der Waals surface area (Å²) >= 11 is 1.51. The highest BCUT2D eigenvalue weighted by Crippen LogP contribution is 2.20. The average molecular weight is 372 g/mol. The number of benzene rings is 1.